The SMILES string of the molecule is Cc1cc(C)cc(C(=O)N2CCCCC2C(=O)OCC(=O)c2cc(C)n(-c3c(C)n(C)n(-c4ccccc4)c3=O)c2C)c1. The van der Waals surface area contributed by atoms with Gasteiger partial charge in [0.15, 0.2) is 6.61 Å². The minimum absolute atomic E-state index is 0.204. The van der Waals surface area contributed by atoms with Crippen molar-refractivity contribution < 1.29 is 19.1 Å². The van der Waals surface area contributed by atoms with Gasteiger partial charge in [-0.05, 0) is 84.2 Å². The Labute approximate surface area is 251 Å². The highest BCUT2D eigenvalue weighted by atomic mass is 16.5. The van der Waals surface area contributed by atoms with Crippen LogP contribution in [0.2, 0.25) is 0 Å². The molecule has 0 saturated carbocycles. The summed E-state index contributed by atoms with van der Waals surface area (Å²) in [6.07, 6.45) is 2.08. The fraction of sp³-hybridized carbons (Fsp3) is 0.353. The first-order chi connectivity index (χ1) is 20.5. The van der Waals surface area contributed by atoms with E-state index in [1.807, 2.05) is 83.3 Å². The van der Waals surface area contributed by atoms with E-state index in [4.69, 9.17) is 4.74 Å². The molecule has 0 aliphatic carbocycles. The fourth-order valence-electron chi connectivity index (χ4n) is 6.20. The van der Waals surface area contributed by atoms with Crippen LogP contribution in [0.3, 0.4) is 0 Å². The summed E-state index contributed by atoms with van der Waals surface area (Å²) >= 11 is 0. The Bertz CT molecular complexity index is 1760. The molecule has 0 bridgehead atoms. The molecule has 2 aromatic carbocycles. The van der Waals surface area contributed by atoms with Crippen molar-refractivity contribution in [3.63, 3.8) is 0 Å². The maximum Gasteiger partial charge on any atom is 0.329 e. The second-order valence-electron chi connectivity index (χ2n) is 11.4. The molecule has 1 atom stereocenters. The molecule has 1 fully saturated rings. The van der Waals surface area contributed by atoms with Crippen molar-refractivity contribution in [2.24, 2.45) is 7.05 Å². The molecule has 5 rings (SSSR count). The van der Waals surface area contributed by atoms with E-state index >= 15 is 0 Å². The molecule has 9 heteroatoms. The number of esters is 1. The van der Waals surface area contributed by atoms with E-state index in [0.717, 1.165) is 41.0 Å². The zero-order valence-electron chi connectivity index (χ0n) is 25.6. The van der Waals surface area contributed by atoms with Gasteiger partial charge in [0.1, 0.15) is 11.7 Å². The summed E-state index contributed by atoms with van der Waals surface area (Å²) in [6, 6.07) is 16.0. The van der Waals surface area contributed by atoms with Gasteiger partial charge in [0.25, 0.3) is 11.5 Å². The van der Waals surface area contributed by atoms with Crippen molar-refractivity contribution in [2.45, 2.75) is 59.9 Å². The molecule has 0 N–H and O–H groups in total. The molecule has 9 nitrogen and oxygen atoms in total. The predicted octanol–water partition coefficient (Wildman–Crippen LogP) is 4.93. The molecule has 1 saturated heterocycles. The van der Waals surface area contributed by atoms with Gasteiger partial charge >= 0.3 is 5.97 Å². The maximum absolute atomic E-state index is 13.6. The standard InChI is InChI=1S/C34H38N4O5/c1-21-16-22(2)18-26(17-21)32(40)36-15-11-10-14-29(36)34(42)43-20-30(39)28-19-23(3)37(24(28)4)31-25(5)35(6)38(33(31)41)27-12-8-7-9-13-27/h7-9,12-13,16-19,29H,10-11,14-15,20H2,1-6H3. The van der Waals surface area contributed by atoms with Crippen LogP contribution < -0.4 is 5.56 Å². The molecule has 2 aromatic heterocycles. The van der Waals surface area contributed by atoms with Gasteiger partial charge in [0.2, 0.25) is 5.78 Å². The second-order valence-corrected chi connectivity index (χ2v) is 11.4. The molecule has 3 heterocycles. The first kappa shape index (κ1) is 29.8. The van der Waals surface area contributed by atoms with Crippen molar-refractivity contribution in [1.29, 1.82) is 0 Å². The number of benzene rings is 2. The van der Waals surface area contributed by atoms with Crippen LogP contribution in [0.4, 0.5) is 0 Å². The van der Waals surface area contributed by atoms with Crippen molar-refractivity contribution >= 4 is 17.7 Å². The summed E-state index contributed by atoms with van der Waals surface area (Å²) in [7, 11) is 1.83. The molecule has 43 heavy (non-hydrogen) atoms. The van der Waals surface area contributed by atoms with Crippen molar-refractivity contribution in [3.8, 4) is 11.4 Å². The smallest absolute Gasteiger partial charge is 0.329 e. The number of para-hydroxylation sites is 1. The molecule has 4 aromatic rings. The lowest BCUT2D eigenvalue weighted by Crippen LogP contribution is -2.49. The first-order valence-corrected chi connectivity index (χ1v) is 14.6. The number of hydrogen-bond donors (Lipinski definition) is 0. The van der Waals surface area contributed by atoms with Crippen molar-refractivity contribution in [3.05, 3.63) is 104 Å². The van der Waals surface area contributed by atoms with Crippen LogP contribution in [0.25, 0.3) is 11.4 Å². The third-order valence-electron chi connectivity index (χ3n) is 8.33. The number of carbonyl (C=O) groups is 3. The number of ether oxygens (including phenoxy) is 1. The van der Waals surface area contributed by atoms with Crippen molar-refractivity contribution in [1.82, 2.24) is 18.8 Å². The van der Waals surface area contributed by atoms with Gasteiger partial charge in [-0.15, -0.1) is 0 Å². The number of aryl methyl sites for hydroxylation is 3. The molecule has 1 aliphatic heterocycles. The third-order valence-corrected chi connectivity index (χ3v) is 8.33. The Kier molecular flexibility index (Phi) is 8.26. The Morgan fingerprint density at radius 3 is 2.23 bits per heavy atom. The highest BCUT2D eigenvalue weighted by Crippen LogP contribution is 2.25. The average Bonchev–Trinajstić information content (AvgIpc) is 3.40. The predicted molar refractivity (Wildman–Crippen MR) is 164 cm³/mol. The number of aromatic nitrogens is 3. The zero-order valence-corrected chi connectivity index (χ0v) is 25.6. The number of ketones is 1. The zero-order chi connectivity index (χ0) is 31.0. The molecular formula is C34H38N4O5. The molecular weight excluding hydrogens is 544 g/mol. The molecule has 1 amide bonds. The topological polar surface area (TPSA) is 95.5 Å². The molecule has 224 valence electrons. The number of rotatable bonds is 7. The quantitative estimate of drug-likeness (QED) is 0.228. The van der Waals surface area contributed by atoms with E-state index in [0.29, 0.717) is 35.5 Å². The lowest BCUT2D eigenvalue weighted by atomic mass is 9.99. The van der Waals surface area contributed by atoms with Gasteiger partial charge in [0.05, 0.1) is 11.4 Å². The lowest BCUT2D eigenvalue weighted by molar-refractivity contribution is -0.149. The third kappa shape index (κ3) is 5.59. The van der Waals surface area contributed by atoms with Gasteiger partial charge in [-0.1, -0.05) is 35.4 Å². The van der Waals surface area contributed by atoms with Crippen LogP contribution in [-0.2, 0) is 16.6 Å². The van der Waals surface area contributed by atoms with Crippen LogP contribution >= 0.6 is 0 Å². The Morgan fingerprint density at radius 2 is 1.56 bits per heavy atom. The Hall–Kier alpha value is -4.66. The Morgan fingerprint density at radius 1 is 0.884 bits per heavy atom. The highest BCUT2D eigenvalue weighted by molar-refractivity contribution is 6.00. The normalized spacial score (nSPS) is 15.0. The maximum atomic E-state index is 13.6. The number of Topliss-reactive ketones (excluding diaryl/α,β-unsaturated/α-hetero) is 1. The van der Waals surface area contributed by atoms with Crippen LogP contribution in [0, 0.1) is 34.6 Å². The van der Waals surface area contributed by atoms with Gasteiger partial charge < -0.3 is 14.2 Å². The molecule has 1 aliphatic rings. The van der Waals surface area contributed by atoms with Crippen LogP contribution in [-0.4, -0.2) is 55.7 Å². The van der Waals surface area contributed by atoms with E-state index in [9.17, 15) is 19.2 Å². The number of carbonyl (C=O) groups excluding carboxylic acids is 3. The summed E-state index contributed by atoms with van der Waals surface area (Å²) < 4.78 is 10.7. The Balaban J connectivity index is 1.35. The lowest BCUT2D eigenvalue weighted by Gasteiger charge is -2.34. The van der Waals surface area contributed by atoms with Crippen molar-refractivity contribution in [2.75, 3.05) is 13.2 Å². The van der Waals surface area contributed by atoms with Gasteiger partial charge in [0, 0.05) is 36.1 Å². The number of amides is 1. The average molecular weight is 583 g/mol. The van der Waals surface area contributed by atoms with Gasteiger partial charge in [-0.3, -0.25) is 19.1 Å². The molecule has 0 radical (unpaired) electrons. The molecule has 1 unspecified atom stereocenters. The second kappa shape index (κ2) is 11.9. The monoisotopic (exact) mass is 582 g/mol. The highest BCUT2D eigenvalue weighted by Gasteiger charge is 2.34. The van der Waals surface area contributed by atoms with Crippen LogP contribution in [0.5, 0.6) is 0 Å². The van der Waals surface area contributed by atoms with Gasteiger partial charge in [-0.25, -0.2) is 9.48 Å². The van der Waals surface area contributed by atoms with E-state index in [-0.39, 0.29) is 17.2 Å². The largest absolute Gasteiger partial charge is 0.456 e. The number of nitrogens with zero attached hydrogens (tertiary/aromatic N) is 4. The van der Waals surface area contributed by atoms with E-state index in [1.54, 1.807) is 31.8 Å². The summed E-state index contributed by atoms with van der Waals surface area (Å²) in [5.41, 5.74) is 5.93. The summed E-state index contributed by atoms with van der Waals surface area (Å²) in [5.74, 6) is -1.15. The number of hydrogen-bond acceptors (Lipinski definition) is 5. The minimum Gasteiger partial charge on any atom is -0.456 e. The summed E-state index contributed by atoms with van der Waals surface area (Å²) in [6.45, 7) is 9.37. The fourth-order valence-corrected chi connectivity index (χ4v) is 6.20. The molecule has 0 spiro atoms. The summed E-state index contributed by atoms with van der Waals surface area (Å²) in [5, 5.41) is 0. The van der Waals surface area contributed by atoms with E-state index in [2.05, 4.69) is 0 Å². The summed E-state index contributed by atoms with van der Waals surface area (Å²) in [4.78, 5) is 55.2. The number of piperidine rings is 1. The number of likely N-dealkylation sites (tertiary alicyclic amines) is 1. The van der Waals surface area contributed by atoms with E-state index in [1.165, 1.54) is 0 Å². The van der Waals surface area contributed by atoms with Gasteiger partial charge in [-0.2, -0.15) is 0 Å². The van der Waals surface area contributed by atoms with Crippen LogP contribution in [0.15, 0.2) is 59.4 Å². The first-order valence-electron chi connectivity index (χ1n) is 14.6. The van der Waals surface area contributed by atoms with E-state index < -0.39 is 18.6 Å². The van der Waals surface area contributed by atoms with Crippen LogP contribution in [0.1, 0.15) is 68.2 Å². The minimum atomic E-state index is -0.745.